The lowest BCUT2D eigenvalue weighted by Crippen LogP contribution is -2.48. The Hall–Kier alpha value is -1.91. The summed E-state index contributed by atoms with van der Waals surface area (Å²) in [6.07, 6.45) is 9.78. The van der Waals surface area contributed by atoms with Gasteiger partial charge < -0.3 is 10.6 Å². The zero-order valence-corrected chi connectivity index (χ0v) is 16.9. The first-order chi connectivity index (χ1) is 13.6. The molecule has 5 heteroatoms. The quantitative estimate of drug-likeness (QED) is 0.784. The number of pyridine rings is 1. The third kappa shape index (κ3) is 4.08. The molecule has 2 aromatic rings. The van der Waals surface area contributed by atoms with Gasteiger partial charge in [0.2, 0.25) is 0 Å². The number of rotatable bonds is 6. The van der Waals surface area contributed by atoms with Crippen molar-refractivity contribution < 1.29 is 4.79 Å². The highest BCUT2D eigenvalue weighted by Gasteiger charge is 2.40. The summed E-state index contributed by atoms with van der Waals surface area (Å²) in [6.45, 7) is 1.48. The number of hydrogen-bond donors (Lipinski definition) is 1. The van der Waals surface area contributed by atoms with Gasteiger partial charge >= 0.3 is 0 Å². The van der Waals surface area contributed by atoms with Gasteiger partial charge in [-0.2, -0.15) is 0 Å². The maximum atomic E-state index is 13.2. The van der Waals surface area contributed by atoms with E-state index in [2.05, 4.69) is 22.0 Å². The van der Waals surface area contributed by atoms with E-state index < -0.39 is 0 Å². The second-order valence-corrected chi connectivity index (χ2v) is 8.81. The van der Waals surface area contributed by atoms with Crippen molar-refractivity contribution in [2.75, 3.05) is 13.1 Å². The zero-order chi connectivity index (χ0) is 19.6. The average molecular weight is 398 g/mol. The normalized spacial score (nSPS) is 24.7. The van der Waals surface area contributed by atoms with Crippen LogP contribution in [0.15, 0.2) is 48.8 Å². The Morgan fingerprint density at radius 1 is 1.18 bits per heavy atom. The molecule has 0 spiro atoms. The third-order valence-corrected chi connectivity index (χ3v) is 6.74. The van der Waals surface area contributed by atoms with E-state index in [0.717, 1.165) is 37.3 Å². The molecule has 0 unspecified atom stereocenters. The summed E-state index contributed by atoms with van der Waals surface area (Å²) in [6, 6.07) is 12.1. The molecule has 4 nitrogen and oxygen atoms in total. The predicted molar refractivity (Wildman–Crippen MR) is 112 cm³/mol. The molecule has 0 saturated heterocycles. The number of nitrogens with two attached hydrogens (primary N) is 1. The highest BCUT2D eigenvalue weighted by molar-refractivity contribution is 6.30. The minimum absolute atomic E-state index is 0.0377. The zero-order valence-electron chi connectivity index (χ0n) is 16.2. The first-order valence-corrected chi connectivity index (χ1v) is 10.7. The summed E-state index contributed by atoms with van der Waals surface area (Å²) in [7, 11) is 0. The molecule has 28 heavy (non-hydrogen) atoms. The standard InChI is InChI=1S/C23H28ClN3O/c24-20-5-1-4-19(13-20)23(16-25)10-8-21(9-11-23)27(15-17-6-7-17)22(28)18-3-2-12-26-14-18/h1-5,12-14,17,21H,6-11,15-16,25H2. The molecule has 2 aliphatic rings. The number of carbonyl (C=O) groups excluding carboxylic acids is 1. The summed E-state index contributed by atoms with van der Waals surface area (Å²) in [4.78, 5) is 19.5. The van der Waals surface area contributed by atoms with Crippen LogP contribution in [0.2, 0.25) is 5.02 Å². The maximum Gasteiger partial charge on any atom is 0.255 e. The van der Waals surface area contributed by atoms with E-state index in [0.29, 0.717) is 18.0 Å². The predicted octanol–water partition coefficient (Wildman–Crippen LogP) is 4.43. The van der Waals surface area contributed by atoms with Gasteiger partial charge in [-0.05, 0) is 74.3 Å². The Balaban J connectivity index is 1.51. The van der Waals surface area contributed by atoms with Crippen molar-refractivity contribution in [3.63, 3.8) is 0 Å². The Kier molecular flexibility index (Phi) is 5.70. The molecule has 0 atom stereocenters. The van der Waals surface area contributed by atoms with Crippen molar-refractivity contribution >= 4 is 17.5 Å². The van der Waals surface area contributed by atoms with Crippen LogP contribution in [-0.2, 0) is 5.41 Å². The Morgan fingerprint density at radius 2 is 1.96 bits per heavy atom. The van der Waals surface area contributed by atoms with Gasteiger partial charge in [-0.15, -0.1) is 0 Å². The maximum absolute atomic E-state index is 13.2. The molecule has 2 saturated carbocycles. The van der Waals surface area contributed by atoms with Gasteiger partial charge in [0.05, 0.1) is 5.56 Å². The Labute approximate surface area is 172 Å². The van der Waals surface area contributed by atoms with E-state index in [1.165, 1.54) is 18.4 Å². The van der Waals surface area contributed by atoms with Gasteiger partial charge in [0.15, 0.2) is 0 Å². The van der Waals surface area contributed by atoms with Crippen LogP contribution in [0.3, 0.4) is 0 Å². The molecule has 1 aromatic carbocycles. The highest BCUT2D eigenvalue weighted by atomic mass is 35.5. The van der Waals surface area contributed by atoms with E-state index in [9.17, 15) is 4.79 Å². The summed E-state index contributed by atoms with van der Waals surface area (Å²) < 4.78 is 0. The van der Waals surface area contributed by atoms with Gasteiger partial charge in [-0.3, -0.25) is 9.78 Å². The number of carbonyl (C=O) groups is 1. The van der Waals surface area contributed by atoms with Gasteiger partial charge in [0.25, 0.3) is 5.91 Å². The molecule has 0 aliphatic heterocycles. The number of halogens is 1. The molecule has 0 radical (unpaired) electrons. The van der Waals surface area contributed by atoms with Crippen molar-refractivity contribution in [2.24, 2.45) is 11.7 Å². The molecular formula is C23H28ClN3O. The fourth-order valence-electron chi connectivity index (χ4n) is 4.53. The van der Waals surface area contributed by atoms with Crippen LogP contribution in [0.5, 0.6) is 0 Å². The van der Waals surface area contributed by atoms with Gasteiger partial charge in [-0.1, -0.05) is 23.7 Å². The molecular weight excluding hydrogens is 370 g/mol. The second kappa shape index (κ2) is 8.22. The first kappa shape index (κ1) is 19.4. The van der Waals surface area contributed by atoms with Gasteiger partial charge in [-0.25, -0.2) is 0 Å². The smallest absolute Gasteiger partial charge is 0.255 e. The fourth-order valence-corrected chi connectivity index (χ4v) is 4.72. The molecule has 148 valence electrons. The van der Waals surface area contributed by atoms with Gasteiger partial charge in [0.1, 0.15) is 0 Å². The molecule has 2 fully saturated rings. The number of aromatic nitrogens is 1. The van der Waals surface area contributed by atoms with Crippen LogP contribution in [0.4, 0.5) is 0 Å². The van der Waals surface area contributed by atoms with Crippen molar-refractivity contribution in [1.82, 2.24) is 9.88 Å². The number of nitrogens with zero attached hydrogens (tertiary/aromatic N) is 2. The van der Waals surface area contributed by atoms with Crippen LogP contribution >= 0.6 is 11.6 Å². The lowest BCUT2D eigenvalue weighted by atomic mass is 9.68. The molecule has 4 rings (SSSR count). The average Bonchev–Trinajstić information content (AvgIpc) is 3.57. The molecule has 0 bridgehead atoms. The van der Waals surface area contributed by atoms with E-state index in [1.807, 2.05) is 24.3 Å². The Morgan fingerprint density at radius 3 is 2.57 bits per heavy atom. The number of benzene rings is 1. The van der Waals surface area contributed by atoms with E-state index in [4.69, 9.17) is 17.3 Å². The van der Waals surface area contributed by atoms with E-state index in [1.54, 1.807) is 12.4 Å². The van der Waals surface area contributed by atoms with E-state index in [-0.39, 0.29) is 17.4 Å². The molecule has 2 aliphatic carbocycles. The molecule has 1 amide bonds. The number of hydrogen-bond acceptors (Lipinski definition) is 3. The first-order valence-electron chi connectivity index (χ1n) is 10.3. The molecule has 2 N–H and O–H groups in total. The minimum atomic E-state index is -0.0377. The van der Waals surface area contributed by atoms with Crippen LogP contribution in [-0.4, -0.2) is 34.9 Å². The van der Waals surface area contributed by atoms with Crippen LogP contribution in [0.1, 0.15) is 54.4 Å². The fraction of sp³-hybridized carbons (Fsp3) is 0.478. The summed E-state index contributed by atoms with van der Waals surface area (Å²) in [5.74, 6) is 0.780. The summed E-state index contributed by atoms with van der Waals surface area (Å²) in [5, 5.41) is 0.759. The third-order valence-electron chi connectivity index (χ3n) is 6.50. The lowest BCUT2D eigenvalue weighted by molar-refractivity contribution is 0.0581. The highest BCUT2D eigenvalue weighted by Crippen LogP contribution is 2.42. The molecule has 1 aromatic heterocycles. The van der Waals surface area contributed by atoms with Gasteiger partial charge in [0, 0.05) is 42.0 Å². The van der Waals surface area contributed by atoms with Crippen LogP contribution < -0.4 is 5.73 Å². The van der Waals surface area contributed by atoms with Crippen LogP contribution in [0.25, 0.3) is 0 Å². The SMILES string of the molecule is NCC1(c2cccc(Cl)c2)CCC(N(CC2CC2)C(=O)c2cccnc2)CC1. The lowest BCUT2D eigenvalue weighted by Gasteiger charge is -2.43. The summed E-state index contributed by atoms with van der Waals surface area (Å²) in [5.41, 5.74) is 8.13. The monoisotopic (exact) mass is 397 g/mol. The summed E-state index contributed by atoms with van der Waals surface area (Å²) >= 11 is 6.24. The van der Waals surface area contributed by atoms with Crippen LogP contribution in [0, 0.1) is 5.92 Å². The Bertz CT molecular complexity index is 814. The van der Waals surface area contributed by atoms with Crippen molar-refractivity contribution in [1.29, 1.82) is 0 Å². The second-order valence-electron chi connectivity index (χ2n) is 8.37. The number of amides is 1. The minimum Gasteiger partial charge on any atom is -0.335 e. The van der Waals surface area contributed by atoms with Crippen molar-refractivity contribution in [3.8, 4) is 0 Å². The molecule has 1 heterocycles. The largest absolute Gasteiger partial charge is 0.335 e. The van der Waals surface area contributed by atoms with Crippen molar-refractivity contribution in [2.45, 2.75) is 50.0 Å². The van der Waals surface area contributed by atoms with Crippen molar-refractivity contribution in [3.05, 3.63) is 64.9 Å². The topological polar surface area (TPSA) is 59.2 Å². The van der Waals surface area contributed by atoms with E-state index >= 15 is 0 Å².